The van der Waals surface area contributed by atoms with Crippen LogP contribution in [0.3, 0.4) is 0 Å². The quantitative estimate of drug-likeness (QED) is 0.881. The van der Waals surface area contributed by atoms with Crippen molar-refractivity contribution in [1.82, 2.24) is 4.57 Å². The monoisotopic (exact) mass is 276 g/mol. The third-order valence-electron chi connectivity index (χ3n) is 3.35. The van der Waals surface area contributed by atoms with Crippen LogP contribution in [-0.2, 0) is 12.3 Å². The Morgan fingerprint density at radius 3 is 2.53 bits per heavy atom. The molecule has 0 atom stereocenters. The molecule has 1 aromatic heterocycles. The number of benzene rings is 1. The van der Waals surface area contributed by atoms with Crippen molar-refractivity contribution in [3.8, 4) is 0 Å². The fraction of sp³-hybridized carbons (Fsp3) is 0.500. The maximum atomic E-state index is 5.86. The lowest BCUT2D eigenvalue weighted by molar-refractivity contribution is 0.606. The molecule has 0 aliphatic heterocycles. The highest BCUT2D eigenvalue weighted by Crippen LogP contribution is 2.29. The Labute approximate surface area is 120 Å². The Morgan fingerprint density at radius 1 is 1.21 bits per heavy atom. The van der Waals surface area contributed by atoms with Crippen molar-refractivity contribution in [1.29, 1.82) is 0 Å². The van der Waals surface area contributed by atoms with Gasteiger partial charge < -0.3 is 10.3 Å². The summed E-state index contributed by atoms with van der Waals surface area (Å²) in [6.45, 7) is 9.60. The van der Waals surface area contributed by atoms with Gasteiger partial charge in [0.1, 0.15) is 0 Å². The van der Waals surface area contributed by atoms with E-state index in [0.29, 0.717) is 17.8 Å². The molecule has 0 bridgehead atoms. The number of hydrogen-bond donors (Lipinski definition) is 1. The number of nitrogens with zero attached hydrogens (tertiary/aromatic N) is 1. The third-order valence-corrected chi connectivity index (χ3v) is 4.48. The summed E-state index contributed by atoms with van der Waals surface area (Å²) in [5.74, 6) is 1.06. The van der Waals surface area contributed by atoms with E-state index in [1.165, 1.54) is 22.2 Å². The standard InChI is InChI=1S/C16H24N2S/c1-11(2)18-14(10-19-12(3)4)8-15-13(9-17)6-5-7-16(15)18/h5-8,11-12H,9-10,17H2,1-4H3. The van der Waals surface area contributed by atoms with Crippen LogP contribution in [0.2, 0.25) is 0 Å². The average Bonchev–Trinajstić information content (AvgIpc) is 2.74. The van der Waals surface area contributed by atoms with Crippen LogP contribution in [0, 0.1) is 0 Å². The van der Waals surface area contributed by atoms with Crippen LogP contribution in [0.1, 0.15) is 45.0 Å². The zero-order valence-electron chi connectivity index (χ0n) is 12.3. The van der Waals surface area contributed by atoms with Gasteiger partial charge in [0.05, 0.1) is 0 Å². The van der Waals surface area contributed by atoms with E-state index in [0.717, 1.165) is 5.75 Å². The fourth-order valence-electron chi connectivity index (χ4n) is 2.52. The smallest absolute Gasteiger partial charge is 0.0488 e. The minimum absolute atomic E-state index is 0.480. The molecule has 2 rings (SSSR count). The average molecular weight is 276 g/mol. The van der Waals surface area contributed by atoms with E-state index < -0.39 is 0 Å². The van der Waals surface area contributed by atoms with Gasteiger partial charge in [0.25, 0.3) is 0 Å². The van der Waals surface area contributed by atoms with Crippen molar-refractivity contribution >= 4 is 22.7 Å². The Bertz CT molecular complexity index is 555. The predicted octanol–water partition coefficient (Wildman–Crippen LogP) is 4.32. The van der Waals surface area contributed by atoms with Gasteiger partial charge in [-0.25, -0.2) is 0 Å². The van der Waals surface area contributed by atoms with Gasteiger partial charge in [0, 0.05) is 34.9 Å². The highest BCUT2D eigenvalue weighted by Gasteiger charge is 2.13. The van der Waals surface area contributed by atoms with Gasteiger partial charge in [-0.15, -0.1) is 0 Å². The van der Waals surface area contributed by atoms with Gasteiger partial charge >= 0.3 is 0 Å². The van der Waals surface area contributed by atoms with Gasteiger partial charge in [-0.1, -0.05) is 26.0 Å². The molecule has 1 aromatic carbocycles. The number of rotatable bonds is 5. The van der Waals surface area contributed by atoms with Gasteiger partial charge in [0.15, 0.2) is 0 Å². The van der Waals surface area contributed by atoms with E-state index >= 15 is 0 Å². The minimum Gasteiger partial charge on any atom is -0.341 e. The molecule has 2 nitrogen and oxygen atoms in total. The number of thioether (sulfide) groups is 1. The minimum atomic E-state index is 0.480. The summed E-state index contributed by atoms with van der Waals surface area (Å²) < 4.78 is 2.45. The van der Waals surface area contributed by atoms with E-state index in [9.17, 15) is 0 Å². The first-order valence-electron chi connectivity index (χ1n) is 6.98. The molecular weight excluding hydrogens is 252 g/mol. The third kappa shape index (κ3) is 2.98. The van der Waals surface area contributed by atoms with Crippen LogP contribution >= 0.6 is 11.8 Å². The summed E-state index contributed by atoms with van der Waals surface area (Å²) in [4.78, 5) is 0. The van der Waals surface area contributed by atoms with Gasteiger partial charge in [-0.05, 0) is 36.8 Å². The molecule has 0 saturated heterocycles. The molecule has 0 amide bonds. The number of fused-ring (bicyclic) bond motifs is 1. The first-order valence-corrected chi connectivity index (χ1v) is 8.02. The van der Waals surface area contributed by atoms with Crippen molar-refractivity contribution in [3.05, 3.63) is 35.5 Å². The maximum absolute atomic E-state index is 5.86. The Balaban J connectivity index is 2.53. The Kier molecular flexibility index (Phi) is 4.58. The molecule has 3 heteroatoms. The lowest BCUT2D eigenvalue weighted by Gasteiger charge is -2.15. The summed E-state index contributed by atoms with van der Waals surface area (Å²) in [6.07, 6.45) is 0. The highest BCUT2D eigenvalue weighted by molar-refractivity contribution is 7.99. The summed E-state index contributed by atoms with van der Waals surface area (Å²) in [5, 5.41) is 1.98. The largest absolute Gasteiger partial charge is 0.341 e. The normalized spacial score (nSPS) is 11.9. The highest BCUT2D eigenvalue weighted by atomic mass is 32.2. The van der Waals surface area contributed by atoms with Crippen LogP contribution in [0.25, 0.3) is 10.9 Å². The van der Waals surface area contributed by atoms with Crippen molar-refractivity contribution in [3.63, 3.8) is 0 Å². The van der Waals surface area contributed by atoms with Crippen LogP contribution in [0.5, 0.6) is 0 Å². The van der Waals surface area contributed by atoms with Crippen molar-refractivity contribution in [2.45, 2.75) is 51.3 Å². The molecule has 0 unspecified atom stereocenters. The lowest BCUT2D eigenvalue weighted by Crippen LogP contribution is -2.05. The predicted molar refractivity (Wildman–Crippen MR) is 86.6 cm³/mol. The van der Waals surface area contributed by atoms with Gasteiger partial charge in [-0.3, -0.25) is 0 Å². The second-order valence-electron chi connectivity index (χ2n) is 5.51. The first-order chi connectivity index (χ1) is 9.04. The maximum Gasteiger partial charge on any atom is 0.0488 e. The fourth-order valence-corrected chi connectivity index (χ4v) is 3.24. The molecule has 0 saturated carbocycles. The van der Waals surface area contributed by atoms with Crippen LogP contribution in [0.15, 0.2) is 24.3 Å². The van der Waals surface area contributed by atoms with Crippen LogP contribution in [0.4, 0.5) is 0 Å². The summed E-state index contributed by atoms with van der Waals surface area (Å²) in [7, 11) is 0. The molecule has 0 aliphatic rings. The Morgan fingerprint density at radius 2 is 1.95 bits per heavy atom. The van der Waals surface area contributed by atoms with Gasteiger partial charge in [0.2, 0.25) is 0 Å². The van der Waals surface area contributed by atoms with E-state index in [-0.39, 0.29) is 0 Å². The van der Waals surface area contributed by atoms with Crippen LogP contribution in [-0.4, -0.2) is 9.82 Å². The van der Waals surface area contributed by atoms with Crippen molar-refractivity contribution in [2.24, 2.45) is 5.73 Å². The summed E-state index contributed by atoms with van der Waals surface area (Å²) >= 11 is 1.99. The van der Waals surface area contributed by atoms with Crippen molar-refractivity contribution in [2.75, 3.05) is 0 Å². The molecule has 0 aliphatic carbocycles. The summed E-state index contributed by atoms with van der Waals surface area (Å²) in [6, 6.07) is 9.26. The molecule has 104 valence electrons. The van der Waals surface area contributed by atoms with Gasteiger partial charge in [-0.2, -0.15) is 11.8 Å². The van der Waals surface area contributed by atoms with E-state index in [1.807, 2.05) is 11.8 Å². The van der Waals surface area contributed by atoms with Crippen molar-refractivity contribution < 1.29 is 0 Å². The molecule has 0 fully saturated rings. The van der Waals surface area contributed by atoms with E-state index in [2.05, 4.69) is 56.5 Å². The van der Waals surface area contributed by atoms with E-state index in [4.69, 9.17) is 5.73 Å². The zero-order chi connectivity index (χ0) is 14.0. The molecule has 2 N–H and O–H groups in total. The second kappa shape index (κ2) is 6.02. The number of aromatic nitrogens is 1. The molecule has 0 radical (unpaired) electrons. The SMILES string of the molecule is CC(C)SCc1cc2c(CN)cccc2n1C(C)C. The molecule has 0 spiro atoms. The summed E-state index contributed by atoms with van der Waals surface area (Å²) in [5.41, 5.74) is 9.83. The zero-order valence-corrected chi connectivity index (χ0v) is 13.1. The molecule has 1 heterocycles. The number of nitrogens with two attached hydrogens (primary N) is 1. The molecule has 2 aromatic rings. The second-order valence-corrected chi connectivity index (χ2v) is 7.08. The van der Waals surface area contributed by atoms with E-state index in [1.54, 1.807) is 0 Å². The topological polar surface area (TPSA) is 30.9 Å². The lowest BCUT2D eigenvalue weighted by atomic mass is 10.1. The Hall–Kier alpha value is -0.930. The van der Waals surface area contributed by atoms with Crippen LogP contribution < -0.4 is 5.73 Å². The first kappa shape index (κ1) is 14.5. The molecule has 19 heavy (non-hydrogen) atoms. The number of hydrogen-bond acceptors (Lipinski definition) is 2. The molecular formula is C16H24N2S.